The van der Waals surface area contributed by atoms with Crippen LogP contribution < -0.4 is 0 Å². The smallest absolute Gasteiger partial charge is 0.143 e. The van der Waals surface area contributed by atoms with Gasteiger partial charge >= 0.3 is 0 Å². The molecular weight excluding hydrogens is 340 g/mol. The van der Waals surface area contributed by atoms with Gasteiger partial charge in [-0.05, 0) is 51.2 Å². The summed E-state index contributed by atoms with van der Waals surface area (Å²) < 4.78 is 6.32. The number of para-hydroxylation sites is 1. The SMILES string of the molecule is Clc1ccc2c(c1)c1ccccc1c1ccc3c4ccccc4oc3c12. The van der Waals surface area contributed by atoms with Gasteiger partial charge in [-0.3, -0.25) is 0 Å². The van der Waals surface area contributed by atoms with Gasteiger partial charge in [0, 0.05) is 21.2 Å². The largest absolute Gasteiger partial charge is 0.455 e. The zero-order chi connectivity index (χ0) is 17.3. The van der Waals surface area contributed by atoms with E-state index in [1.807, 2.05) is 18.2 Å². The summed E-state index contributed by atoms with van der Waals surface area (Å²) in [5, 5.41) is 10.2. The van der Waals surface area contributed by atoms with Crippen LogP contribution in [0.2, 0.25) is 5.02 Å². The minimum Gasteiger partial charge on any atom is -0.455 e. The van der Waals surface area contributed by atoms with Gasteiger partial charge in [-0.15, -0.1) is 0 Å². The Hall–Kier alpha value is -3.03. The van der Waals surface area contributed by atoms with E-state index < -0.39 is 0 Å². The number of hydrogen-bond donors (Lipinski definition) is 0. The van der Waals surface area contributed by atoms with E-state index in [9.17, 15) is 0 Å². The fourth-order valence-electron chi connectivity index (χ4n) is 4.19. The maximum Gasteiger partial charge on any atom is 0.143 e. The highest BCUT2D eigenvalue weighted by atomic mass is 35.5. The zero-order valence-electron chi connectivity index (χ0n) is 13.8. The third kappa shape index (κ3) is 1.76. The first kappa shape index (κ1) is 14.2. The molecule has 2 heteroatoms. The van der Waals surface area contributed by atoms with E-state index in [1.165, 1.54) is 21.5 Å². The molecule has 1 nitrogen and oxygen atoms in total. The Morgan fingerprint density at radius 3 is 2.00 bits per heavy atom. The van der Waals surface area contributed by atoms with Crippen molar-refractivity contribution in [3.8, 4) is 0 Å². The molecule has 0 amide bonds. The minimum atomic E-state index is 0.749. The molecule has 0 unspecified atom stereocenters. The molecule has 6 rings (SSSR count). The first-order chi connectivity index (χ1) is 12.8. The van der Waals surface area contributed by atoms with Crippen LogP contribution in [-0.4, -0.2) is 0 Å². The van der Waals surface area contributed by atoms with Gasteiger partial charge in [0.05, 0.1) is 0 Å². The summed E-state index contributed by atoms with van der Waals surface area (Å²) in [5.41, 5.74) is 1.87. The van der Waals surface area contributed by atoms with Crippen molar-refractivity contribution >= 4 is 65.9 Å². The van der Waals surface area contributed by atoms with Gasteiger partial charge in [0.25, 0.3) is 0 Å². The van der Waals surface area contributed by atoms with Crippen molar-refractivity contribution in [3.63, 3.8) is 0 Å². The molecule has 0 atom stereocenters. The number of hydrogen-bond acceptors (Lipinski definition) is 1. The third-order valence-corrected chi connectivity index (χ3v) is 5.54. The van der Waals surface area contributed by atoms with Gasteiger partial charge < -0.3 is 4.42 Å². The average Bonchev–Trinajstić information content (AvgIpc) is 3.06. The van der Waals surface area contributed by atoms with E-state index in [4.69, 9.17) is 16.0 Å². The molecule has 0 aliphatic carbocycles. The molecule has 26 heavy (non-hydrogen) atoms. The average molecular weight is 353 g/mol. The summed E-state index contributed by atoms with van der Waals surface area (Å²) in [6.07, 6.45) is 0. The minimum absolute atomic E-state index is 0.749. The summed E-state index contributed by atoms with van der Waals surface area (Å²) in [5.74, 6) is 0. The molecule has 0 fully saturated rings. The maximum atomic E-state index is 6.33. The van der Waals surface area contributed by atoms with Crippen LogP contribution in [-0.2, 0) is 0 Å². The normalized spacial score (nSPS) is 12.0. The van der Waals surface area contributed by atoms with Crippen LogP contribution in [0, 0.1) is 0 Å². The van der Waals surface area contributed by atoms with Crippen LogP contribution in [0.5, 0.6) is 0 Å². The van der Waals surface area contributed by atoms with Gasteiger partial charge in [-0.25, -0.2) is 0 Å². The molecular formula is C24H13ClO. The van der Waals surface area contributed by atoms with Crippen LogP contribution >= 0.6 is 11.6 Å². The molecule has 0 saturated heterocycles. The Morgan fingerprint density at radius 1 is 0.538 bits per heavy atom. The van der Waals surface area contributed by atoms with Gasteiger partial charge in [0.1, 0.15) is 11.2 Å². The molecule has 0 radical (unpaired) electrons. The molecule has 0 bridgehead atoms. The highest BCUT2D eigenvalue weighted by molar-refractivity contribution is 6.35. The molecule has 0 saturated carbocycles. The van der Waals surface area contributed by atoms with Gasteiger partial charge in [0.2, 0.25) is 0 Å². The molecule has 0 spiro atoms. The Bertz CT molecular complexity index is 1490. The Balaban J connectivity index is 2.00. The monoisotopic (exact) mass is 352 g/mol. The highest BCUT2D eigenvalue weighted by Crippen LogP contribution is 2.42. The molecule has 6 aromatic rings. The van der Waals surface area contributed by atoms with Crippen LogP contribution in [0.4, 0.5) is 0 Å². The lowest BCUT2D eigenvalue weighted by atomic mass is 9.93. The standard InChI is InChI=1S/C24H13ClO/c25-14-9-10-19-21(13-14)16-6-2-1-5-15(16)18-11-12-20-17-7-3-4-8-22(17)26-24(20)23(18)19/h1-13H. The second-order valence-electron chi connectivity index (χ2n) is 6.70. The molecule has 122 valence electrons. The van der Waals surface area contributed by atoms with Crippen LogP contribution in [0.15, 0.2) is 83.3 Å². The van der Waals surface area contributed by atoms with E-state index in [1.54, 1.807) is 0 Å². The summed E-state index contributed by atoms with van der Waals surface area (Å²) in [7, 11) is 0. The second-order valence-corrected chi connectivity index (χ2v) is 7.13. The van der Waals surface area contributed by atoms with Crippen LogP contribution in [0.25, 0.3) is 54.3 Å². The predicted octanol–water partition coefficient (Wildman–Crippen LogP) is 7.70. The summed E-state index contributed by atoms with van der Waals surface area (Å²) in [6.45, 7) is 0. The Kier molecular flexibility index (Phi) is 2.72. The summed E-state index contributed by atoms with van der Waals surface area (Å²) in [6, 6.07) is 27.2. The number of rotatable bonds is 0. The quantitative estimate of drug-likeness (QED) is 0.255. The lowest BCUT2D eigenvalue weighted by molar-refractivity contribution is 0.673. The van der Waals surface area contributed by atoms with Gasteiger partial charge in [0.15, 0.2) is 0 Å². The van der Waals surface area contributed by atoms with Crippen molar-refractivity contribution < 1.29 is 4.42 Å². The molecule has 1 aromatic heterocycles. The number of furan rings is 1. The fraction of sp³-hybridized carbons (Fsp3) is 0. The van der Waals surface area contributed by atoms with E-state index in [0.29, 0.717) is 0 Å². The lowest BCUT2D eigenvalue weighted by Crippen LogP contribution is -1.84. The first-order valence-corrected chi connectivity index (χ1v) is 9.03. The van der Waals surface area contributed by atoms with Crippen molar-refractivity contribution in [1.29, 1.82) is 0 Å². The third-order valence-electron chi connectivity index (χ3n) is 5.31. The van der Waals surface area contributed by atoms with Crippen molar-refractivity contribution in [2.75, 3.05) is 0 Å². The molecule has 0 aliphatic heterocycles. The highest BCUT2D eigenvalue weighted by Gasteiger charge is 2.15. The summed E-state index contributed by atoms with van der Waals surface area (Å²) >= 11 is 6.33. The van der Waals surface area contributed by atoms with E-state index in [2.05, 4.69) is 60.7 Å². The first-order valence-electron chi connectivity index (χ1n) is 8.65. The summed E-state index contributed by atoms with van der Waals surface area (Å²) in [4.78, 5) is 0. The molecule has 5 aromatic carbocycles. The van der Waals surface area contributed by atoms with Crippen molar-refractivity contribution in [3.05, 3.63) is 83.9 Å². The number of benzene rings is 5. The maximum absolute atomic E-state index is 6.33. The van der Waals surface area contributed by atoms with E-state index in [-0.39, 0.29) is 0 Å². The predicted molar refractivity (Wildman–Crippen MR) is 111 cm³/mol. The topological polar surface area (TPSA) is 13.1 Å². The fourth-order valence-corrected chi connectivity index (χ4v) is 4.36. The second kappa shape index (κ2) is 5.00. The molecule has 1 heterocycles. The van der Waals surface area contributed by atoms with Crippen molar-refractivity contribution in [1.82, 2.24) is 0 Å². The van der Waals surface area contributed by atoms with Crippen LogP contribution in [0.1, 0.15) is 0 Å². The lowest BCUT2D eigenvalue weighted by Gasteiger charge is -2.11. The van der Waals surface area contributed by atoms with E-state index in [0.717, 1.165) is 37.7 Å². The molecule has 0 aliphatic rings. The Morgan fingerprint density at radius 2 is 1.15 bits per heavy atom. The van der Waals surface area contributed by atoms with Crippen molar-refractivity contribution in [2.45, 2.75) is 0 Å². The zero-order valence-corrected chi connectivity index (χ0v) is 14.5. The van der Waals surface area contributed by atoms with Crippen molar-refractivity contribution in [2.24, 2.45) is 0 Å². The number of halogens is 1. The molecule has 0 N–H and O–H groups in total. The number of fused-ring (bicyclic) bond motifs is 10. The van der Waals surface area contributed by atoms with E-state index >= 15 is 0 Å². The van der Waals surface area contributed by atoms with Gasteiger partial charge in [-0.1, -0.05) is 66.2 Å². The Labute approximate surface area is 154 Å². The van der Waals surface area contributed by atoms with Crippen LogP contribution in [0.3, 0.4) is 0 Å². The van der Waals surface area contributed by atoms with Gasteiger partial charge in [-0.2, -0.15) is 0 Å².